The van der Waals surface area contributed by atoms with E-state index in [2.05, 4.69) is 49.6 Å². The molecule has 0 saturated carbocycles. The molecule has 2 heteroatoms. The van der Waals surface area contributed by atoms with Gasteiger partial charge in [0.2, 0.25) is 5.12 Å². The first kappa shape index (κ1) is 17.5. The molecule has 0 spiro atoms. The van der Waals surface area contributed by atoms with E-state index >= 15 is 0 Å². The second-order valence-electron chi connectivity index (χ2n) is 6.61. The van der Waals surface area contributed by atoms with E-state index in [-0.39, 0.29) is 5.12 Å². The van der Waals surface area contributed by atoms with E-state index in [1.54, 1.807) is 0 Å². The van der Waals surface area contributed by atoms with Crippen molar-refractivity contribution in [1.82, 2.24) is 0 Å². The predicted octanol–water partition coefficient (Wildman–Crippen LogP) is 6.30. The Hall–Kier alpha value is -2.32. The Bertz CT molecular complexity index is 835. The fraction of sp³-hybridized carbons (Fsp3) is 0.174. The number of hydrogen-bond donors (Lipinski definition) is 0. The number of rotatable bonds is 3. The lowest BCUT2D eigenvalue weighted by atomic mass is 10.0. The van der Waals surface area contributed by atoms with Gasteiger partial charge in [0, 0.05) is 15.4 Å². The van der Waals surface area contributed by atoms with Gasteiger partial charge in [0.25, 0.3) is 0 Å². The molecular weight excluding hydrogens is 324 g/mol. The summed E-state index contributed by atoms with van der Waals surface area (Å²) < 4.78 is 0. The Balaban J connectivity index is 2.25. The molecule has 3 aromatic carbocycles. The number of carbonyl (C=O) groups is 1. The van der Waals surface area contributed by atoms with Crippen LogP contribution in [0.3, 0.4) is 0 Å². The molecule has 3 aromatic rings. The van der Waals surface area contributed by atoms with Crippen LogP contribution in [-0.2, 0) is 0 Å². The van der Waals surface area contributed by atoms with Gasteiger partial charge >= 0.3 is 0 Å². The number of carbonyl (C=O) groups excluding carboxylic acids is 1. The molecule has 0 fully saturated rings. The van der Waals surface area contributed by atoms with Crippen LogP contribution in [0.5, 0.6) is 0 Å². The summed E-state index contributed by atoms with van der Waals surface area (Å²) in [4.78, 5) is 16.1. The topological polar surface area (TPSA) is 17.1 Å². The summed E-state index contributed by atoms with van der Waals surface area (Å²) >= 11 is 0. The van der Waals surface area contributed by atoms with Crippen molar-refractivity contribution in [1.29, 1.82) is 0 Å². The molecule has 0 heterocycles. The Kier molecular flexibility index (Phi) is 4.82. The quantitative estimate of drug-likeness (QED) is 0.542. The standard InChI is InChI=1S/C23H24OS/c1-17-15-18(2)22(19(3)16-17)23(24)25(4,20-11-7-5-8-12-20)21-13-9-6-10-14-21/h5-16H,1-4H3. The third kappa shape index (κ3) is 3.14. The van der Waals surface area contributed by atoms with Crippen molar-refractivity contribution >= 4 is 15.1 Å². The van der Waals surface area contributed by atoms with Gasteiger partial charge in [-0.05, 0) is 62.4 Å². The first-order valence-corrected chi connectivity index (χ1v) is 10.5. The number of aryl methyl sites for hydroxylation is 3. The molecule has 0 radical (unpaired) electrons. The highest BCUT2D eigenvalue weighted by Gasteiger charge is 2.34. The fourth-order valence-corrected chi connectivity index (χ4v) is 6.28. The van der Waals surface area contributed by atoms with Crippen molar-refractivity contribution in [2.24, 2.45) is 0 Å². The Morgan fingerprint density at radius 3 is 1.52 bits per heavy atom. The van der Waals surface area contributed by atoms with Gasteiger partial charge in [0.15, 0.2) is 0 Å². The van der Waals surface area contributed by atoms with Crippen LogP contribution >= 0.6 is 10.0 Å². The lowest BCUT2D eigenvalue weighted by Gasteiger charge is -2.36. The first-order chi connectivity index (χ1) is 11.9. The maximum absolute atomic E-state index is 13.9. The van der Waals surface area contributed by atoms with Gasteiger partial charge in [-0.1, -0.05) is 54.1 Å². The molecule has 1 nitrogen and oxygen atoms in total. The van der Waals surface area contributed by atoms with Crippen LogP contribution in [0.1, 0.15) is 27.0 Å². The largest absolute Gasteiger partial charge is 0.283 e. The maximum Gasteiger partial charge on any atom is 0.210 e. The lowest BCUT2D eigenvalue weighted by Crippen LogP contribution is -2.16. The van der Waals surface area contributed by atoms with E-state index in [9.17, 15) is 4.79 Å². The number of hydrogen-bond acceptors (Lipinski definition) is 1. The SMILES string of the molecule is Cc1cc(C)c(C(=O)S(C)(c2ccccc2)c2ccccc2)c(C)c1. The summed E-state index contributed by atoms with van der Waals surface area (Å²) in [6, 6.07) is 24.6. The van der Waals surface area contributed by atoms with E-state index in [1.807, 2.05) is 50.2 Å². The molecule has 3 rings (SSSR count). The lowest BCUT2D eigenvalue weighted by molar-refractivity contribution is 0.108. The normalized spacial score (nSPS) is 12.0. The van der Waals surface area contributed by atoms with Crippen LogP contribution < -0.4 is 0 Å². The van der Waals surface area contributed by atoms with Crippen molar-refractivity contribution in [2.45, 2.75) is 30.6 Å². The molecule has 0 aliphatic rings. The highest BCUT2D eigenvalue weighted by molar-refractivity contribution is 8.45. The Labute approximate surface area is 152 Å². The second kappa shape index (κ2) is 6.89. The van der Waals surface area contributed by atoms with Crippen molar-refractivity contribution in [3.8, 4) is 0 Å². The van der Waals surface area contributed by atoms with Crippen molar-refractivity contribution < 1.29 is 4.79 Å². The van der Waals surface area contributed by atoms with Gasteiger partial charge in [0.1, 0.15) is 0 Å². The summed E-state index contributed by atoms with van der Waals surface area (Å²) in [5.41, 5.74) is 4.19. The molecule has 0 unspecified atom stereocenters. The zero-order valence-electron chi connectivity index (χ0n) is 15.2. The van der Waals surface area contributed by atoms with Crippen LogP contribution in [0.25, 0.3) is 0 Å². The highest BCUT2D eigenvalue weighted by atomic mass is 32.3. The van der Waals surface area contributed by atoms with Crippen LogP contribution in [0.2, 0.25) is 0 Å². The molecule has 0 bridgehead atoms. The van der Waals surface area contributed by atoms with Crippen LogP contribution in [-0.4, -0.2) is 11.4 Å². The van der Waals surface area contributed by atoms with E-state index in [0.717, 1.165) is 26.5 Å². The third-order valence-corrected chi connectivity index (χ3v) is 8.06. The van der Waals surface area contributed by atoms with E-state index in [4.69, 9.17) is 0 Å². The van der Waals surface area contributed by atoms with Gasteiger partial charge in [-0.3, -0.25) is 4.79 Å². The molecule has 0 aliphatic heterocycles. The van der Waals surface area contributed by atoms with Crippen LogP contribution in [0, 0.1) is 20.8 Å². The summed E-state index contributed by atoms with van der Waals surface area (Å²) in [7, 11) is -1.82. The van der Waals surface area contributed by atoms with Gasteiger partial charge in [-0.2, -0.15) is 0 Å². The molecule has 0 aromatic heterocycles. The minimum absolute atomic E-state index is 0.236. The molecule has 25 heavy (non-hydrogen) atoms. The van der Waals surface area contributed by atoms with Crippen LogP contribution in [0.4, 0.5) is 0 Å². The Morgan fingerprint density at radius 1 is 0.720 bits per heavy atom. The third-order valence-electron chi connectivity index (χ3n) is 4.68. The zero-order chi connectivity index (χ0) is 18.0. The van der Waals surface area contributed by atoms with Gasteiger partial charge in [-0.15, -0.1) is 10.0 Å². The monoisotopic (exact) mass is 348 g/mol. The average molecular weight is 349 g/mol. The Morgan fingerprint density at radius 2 is 1.12 bits per heavy atom. The summed E-state index contributed by atoms with van der Waals surface area (Å²) in [6.45, 7) is 6.17. The molecule has 0 N–H and O–H groups in total. The first-order valence-electron chi connectivity index (χ1n) is 8.45. The van der Waals surface area contributed by atoms with Crippen molar-refractivity contribution in [2.75, 3.05) is 6.26 Å². The minimum Gasteiger partial charge on any atom is -0.283 e. The second-order valence-corrected chi connectivity index (χ2v) is 9.76. The van der Waals surface area contributed by atoms with Gasteiger partial charge in [-0.25, -0.2) is 0 Å². The maximum atomic E-state index is 13.9. The summed E-state index contributed by atoms with van der Waals surface area (Å²) in [5.74, 6) is 0. The predicted molar refractivity (Wildman–Crippen MR) is 108 cm³/mol. The smallest absolute Gasteiger partial charge is 0.210 e. The van der Waals surface area contributed by atoms with Gasteiger partial charge < -0.3 is 0 Å². The summed E-state index contributed by atoms with van der Waals surface area (Å²) in [6.07, 6.45) is 2.12. The molecule has 0 amide bonds. The number of benzene rings is 3. The highest BCUT2D eigenvalue weighted by Crippen LogP contribution is 2.61. The van der Waals surface area contributed by atoms with Crippen molar-refractivity contribution in [3.63, 3.8) is 0 Å². The molecular formula is C23H24OS. The van der Waals surface area contributed by atoms with Crippen LogP contribution in [0.15, 0.2) is 82.6 Å². The van der Waals surface area contributed by atoms with E-state index in [1.165, 1.54) is 5.56 Å². The molecule has 128 valence electrons. The van der Waals surface area contributed by atoms with E-state index in [0.29, 0.717) is 0 Å². The minimum atomic E-state index is -1.82. The molecule has 0 aliphatic carbocycles. The van der Waals surface area contributed by atoms with Gasteiger partial charge in [0.05, 0.1) is 0 Å². The van der Waals surface area contributed by atoms with Crippen molar-refractivity contribution in [3.05, 3.63) is 95.1 Å². The molecule has 0 atom stereocenters. The van der Waals surface area contributed by atoms with E-state index < -0.39 is 10.0 Å². The summed E-state index contributed by atoms with van der Waals surface area (Å²) in [5, 5.41) is 0.236. The average Bonchev–Trinajstić information content (AvgIpc) is 2.61. The fourth-order valence-electron chi connectivity index (χ4n) is 3.44. The zero-order valence-corrected chi connectivity index (χ0v) is 16.1. The molecule has 0 saturated heterocycles.